The second-order valence-electron chi connectivity index (χ2n) is 3.43. The third-order valence-corrected chi connectivity index (χ3v) is 2.01. The van der Waals surface area contributed by atoms with Crippen LogP contribution in [0.15, 0.2) is 60.7 Å². The number of rotatable bonds is 1. The fourth-order valence-corrected chi connectivity index (χ4v) is 1.21. The van der Waals surface area contributed by atoms with E-state index in [1.165, 1.54) is 0 Å². The van der Waals surface area contributed by atoms with Crippen molar-refractivity contribution in [1.82, 2.24) is 0 Å². The van der Waals surface area contributed by atoms with Gasteiger partial charge in [-0.2, -0.15) is 0 Å². The van der Waals surface area contributed by atoms with Crippen molar-refractivity contribution in [3.8, 4) is 11.5 Å². The van der Waals surface area contributed by atoms with Gasteiger partial charge in [0.1, 0.15) is 11.5 Å². The Hall–Kier alpha value is -2.22. The van der Waals surface area contributed by atoms with E-state index in [0.717, 1.165) is 5.56 Å². The van der Waals surface area contributed by atoms with Crippen LogP contribution >= 0.6 is 0 Å². The highest BCUT2D eigenvalue weighted by Crippen LogP contribution is 2.10. The fourth-order valence-electron chi connectivity index (χ4n) is 1.21. The molecule has 0 spiro atoms. The minimum Gasteiger partial charge on any atom is -0.508 e. The average molecular weight is 228 g/mol. The molecule has 2 heteroatoms. The lowest BCUT2D eigenvalue weighted by atomic mass is 10.2. The number of hydrogen-bond acceptors (Lipinski definition) is 2. The van der Waals surface area contributed by atoms with Crippen molar-refractivity contribution in [2.75, 3.05) is 0 Å². The van der Waals surface area contributed by atoms with Crippen LogP contribution in [0.5, 0.6) is 11.5 Å². The highest BCUT2D eigenvalue weighted by atomic mass is 16.3. The third-order valence-electron chi connectivity index (χ3n) is 2.01. The predicted molar refractivity (Wildman–Crippen MR) is 70.9 cm³/mol. The summed E-state index contributed by atoms with van der Waals surface area (Å²) in [4.78, 5) is 0. The highest BCUT2D eigenvalue weighted by molar-refractivity contribution is 5.49. The molecule has 2 nitrogen and oxygen atoms in total. The molecule has 0 unspecified atom stereocenters. The van der Waals surface area contributed by atoms with Crippen LogP contribution in [0.2, 0.25) is 0 Å². The van der Waals surface area contributed by atoms with Gasteiger partial charge in [-0.1, -0.05) is 42.5 Å². The highest BCUT2D eigenvalue weighted by Gasteiger charge is 1.85. The molecule has 2 N–H and O–H groups in total. The summed E-state index contributed by atoms with van der Waals surface area (Å²) in [5.41, 5.74) is 1.11. The van der Waals surface area contributed by atoms with Gasteiger partial charge in [-0.15, -0.1) is 0 Å². The van der Waals surface area contributed by atoms with Crippen molar-refractivity contribution < 1.29 is 10.2 Å². The Balaban J connectivity index is 0.000000181. The first-order valence-corrected chi connectivity index (χ1v) is 5.38. The number of allylic oxidation sites excluding steroid dienone is 1. The van der Waals surface area contributed by atoms with E-state index in [9.17, 15) is 0 Å². The Morgan fingerprint density at radius 3 is 1.71 bits per heavy atom. The molecule has 0 heterocycles. The maximum Gasteiger partial charge on any atom is 0.115 e. The molecule has 2 aromatic rings. The maximum atomic E-state index is 8.90. The number of phenols is 2. The molecule has 0 amide bonds. The molecule has 0 aromatic heterocycles. The summed E-state index contributed by atoms with van der Waals surface area (Å²) in [6, 6.07) is 15.8. The zero-order valence-electron chi connectivity index (χ0n) is 9.75. The van der Waals surface area contributed by atoms with Crippen molar-refractivity contribution in [1.29, 1.82) is 0 Å². The Bertz CT molecular complexity index is 444. The lowest BCUT2D eigenvalue weighted by Gasteiger charge is -1.91. The van der Waals surface area contributed by atoms with Gasteiger partial charge in [-0.05, 0) is 36.8 Å². The van der Waals surface area contributed by atoms with Gasteiger partial charge in [0.15, 0.2) is 0 Å². The number of phenolic OH excluding ortho intramolecular Hbond substituents is 2. The predicted octanol–water partition coefficient (Wildman–Crippen LogP) is 3.82. The van der Waals surface area contributed by atoms with Crippen LogP contribution in [0.25, 0.3) is 6.08 Å². The van der Waals surface area contributed by atoms with Gasteiger partial charge in [0.25, 0.3) is 0 Å². The summed E-state index contributed by atoms with van der Waals surface area (Å²) < 4.78 is 0. The van der Waals surface area contributed by atoms with Gasteiger partial charge < -0.3 is 10.2 Å². The summed E-state index contributed by atoms with van der Waals surface area (Å²) in [5.74, 6) is 0.635. The van der Waals surface area contributed by atoms with Crippen molar-refractivity contribution in [2.24, 2.45) is 0 Å². The maximum absolute atomic E-state index is 8.90. The smallest absolute Gasteiger partial charge is 0.115 e. The van der Waals surface area contributed by atoms with Crippen LogP contribution in [0, 0.1) is 0 Å². The van der Waals surface area contributed by atoms with Crippen LogP contribution in [-0.2, 0) is 0 Å². The number of hydrogen-bond donors (Lipinski definition) is 2. The molecule has 2 aromatic carbocycles. The van der Waals surface area contributed by atoms with Crippen LogP contribution in [0.1, 0.15) is 12.5 Å². The fraction of sp³-hybridized carbons (Fsp3) is 0.0667. The molecule has 0 aliphatic carbocycles. The second kappa shape index (κ2) is 7.12. The Labute approximate surface area is 101 Å². The molecule has 0 aliphatic heterocycles. The molecule has 0 aliphatic rings. The van der Waals surface area contributed by atoms with E-state index in [0.29, 0.717) is 11.5 Å². The van der Waals surface area contributed by atoms with E-state index in [1.807, 2.05) is 37.3 Å². The largest absolute Gasteiger partial charge is 0.508 e. The van der Waals surface area contributed by atoms with Crippen molar-refractivity contribution in [2.45, 2.75) is 6.92 Å². The number of benzene rings is 2. The Morgan fingerprint density at radius 1 is 0.765 bits per heavy atom. The SMILES string of the molecule is C/C=C/c1ccc(O)cc1.Oc1ccccc1. The van der Waals surface area contributed by atoms with E-state index in [-0.39, 0.29) is 0 Å². The average Bonchev–Trinajstić information content (AvgIpc) is 2.34. The first-order chi connectivity index (χ1) is 8.22. The topological polar surface area (TPSA) is 40.5 Å². The molecule has 0 bridgehead atoms. The minimum atomic E-state index is 0.313. The summed E-state index contributed by atoms with van der Waals surface area (Å²) in [6.07, 6.45) is 3.95. The number of aromatic hydroxyl groups is 2. The number of para-hydroxylation sites is 1. The van der Waals surface area contributed by atoms with Crippen molar-refractivity contribution >= 4 is 6.08 Å². The van der Waals surface area contributed by atoms with Gasteiger partial charge in [0, 0.05) is 0 Å². The zero-order chi connectivity index (χ0) is 12.5. The first kappa shape index (κ1) is 12.8. The minimum absolute atomic E-state index is 0.313. The van der Waals surface area contributed by atoms with Crippen LogP contribution < -0.4 is 0 Å². The summed E-state index contributed by atoms with van der Waals surface area (Å²) in [6.45, 7) is 1.97. The Morgan fingerprint density at radius 2 is 1.29 bits per heavy atom. The van der Waals surface area contributed by atoms with Crippen LogP contribution in [-0.4, -0.2) is 10.2 Å². The molecule has 0 saturated carbocycles. The lowest BCUT2D eigenvalue weighted by molar-refractivity contribution is 0.475. The van der Waals surface area contributed by atoms with Gasteiger partial charge in [0.05, 0.1) is 0 Å². The van der Waals surface area contributed by atoms with E-state index in [1.54, 1.807) is 36.4 Å². The third kappa shape index (κ3) is 5.42. The van der Waals surface area contributed by atoms with Crippen molar-refractivity contribution in [3.05, 3.63) is 66.2 Å². The summed E-state index contributed by atoms with van der Waals surface area (Å²) in [7, 11) is 0. The Kier molecular flexibility index (Phi) is 5.38. The molecule has 88 valence electrons. The van der Waals surface area contributed by atoms with E-state index >= 15 is 0 Å². The molecule has 0 radical (unpaired) electrons. The van der Waals surface area contributed by atoms with Crippen molar-refractivity contribution in [3.63, 3.8) is 0 Å². The van der Waals surface area contributed by atoms with E-state index < -0.39 is 0 Å². The quantitative estimate of drug-likeness (QED) is 0.779. The van der Waals surface area contributed by atoms with E-state index in [2.05, 4.69) is 0 Å². The van der Waals surface area contributed by atoms with Gasteiger partial charge in [-0.3, -0.25) is 0 Å². The molecule has 0 saturated heterocycles. The molecular formula is C15H16O2. The van der Waals surface area contributed by atoms with Crippen LogP contribution in [0.3, 0.4) is 0 Å². The molecular weight excluding hydrogens is 212 g/mol. The molecule has 0 fully saturated rings. The summed E-state index contributed by atoms with van der Waals surface area (Å²) in [5, 5.41) is 17.5. The van der Waals surface area contributed by atoms with Gasteiger partial charge in [0.2, 0.25) is 0 Å². The second-order valence-corrected chi connectivity index (χ2v) is 3.43. The lowest BCUT2D eigenvalue weighted by Crippen LogP contribution is -1.68. The first-order valence-electron chi connectivity index (χ1n) is 5.38. The van der Waals surface area contributed by atoms with Gasteiger partial charge in [-0.25, -0.2) is 0 Å². The molecule has 2 rings (SSSR count). The monoisotopic (exact) mass is 228 g/mol. The normalized spacial score (nSPS) is 9.71. The molecule has 0 atom stereocenters. The van der Waals surface area contributed by atoms with E-state index in [4.69, 9.17) is 10.2 Å². The standard InChI is InChI=1S/C9H10O.C6H6O/c1-2-3-8-4-6-9(10)7-5-8;7-6-4-2-1-3-5-6/h2-7,10H,1H3;1-5,7H/b3-2+;. The summed E-state index contributed by atoms with van der Waals surface area (Å²) >= 11 is 0. The zero-order valence-corrected chi connectivity index (χ0v) is 9.75. The van der Waals surface area contributed by atoms with Gasteiger partial charge >= 0.3 is 0 Å². The molecule has 17 heavy (non-hydrogen) atoms. The van der Waals surface area contributed by atoms with Crippen LogP contribution in [0.4, 0.5) is 0 Å².